The lowest BCUT2D eigenvalue weighted by Gasteiger charge is -2.26. The molecule has 1 rings (SSSR count). The maximum absolute atomic E-state index is 12.8. The molecule has 0 aromatic rings. The fourth-order valence-corrected chi connectivity index (χ4v) is 2.58. The molecule has 20 heavy (non-hydrogen) atoms. The van der Waals surface area contributed by atoms with E-state index in [0.29, 0.717) is 0 Å². The molecule has 1 aliphatic carbocycles. The number of rotatable bonds is 6. The lowest BCUT2D eigenvalue weighted by atomic mass is 9.88. The van der Waals surface area contributed by atoms with Gasteiger partial charge in [-0.15, -0.1) is 0 Å². The zero-order valence-electron chi connectivity index (χ0n) is 12.1. The molecule has 118 valence electrons. The van der Waals surface area contributed by atoms with Crippen LogP contribution in [0.15, 0.2) is 0 Å². The smallest absolute Gasteiger partial charge is 0.404 e. The van der Waals surface area contributed by atoms with Crippen LogP contribution in [0.25, 0.3) is 0 Å². The molecular weight excluding hydrogens is 271 g/mol. The summed E-state index contributed by atoms with van der Waals surface area (Å²) in [5, 5.41) is 0. The lowest BCUT2D eigenvalue weighted by Crippen LogP contribution is -2.48. The van der Waals surface area contributed by atoms with Crippen LogP contribution < -0.4 is 5.73 Å². The predicted molar refractivity (Wildman–Crippen MR) is 69.9 cm³/mol. The Morgan fingerprint density at radius 2 is 1.85 bits per heavy atom. The van der Waals surface area contributed by atoms with Crippen LogP contribution in [0.2, 0.25) is 0 Å². The summed E-state index contributed by atoms with van der Waals surface area (Å²) in [6.07, 6.45) is -0.617. The summed E-state index contributed by atoms with van der Waals surface area (Å²) in [5.41, 5.74) is 5.25. The molecule has 0 heterocycles. The summed E-state index contributed by atoms with van der Waals surface area (Å²) < 4.78 is 43.4. The highest BCUT2D eigenvalue weighted by Crippen LogP contribution is 2.35. The van der Waals surface area contributed by atoms with E-state index in [-0.39, 0.29) is 24.9 Å². The first kappa shape index (κ1) is 17.3. The van der Waals surface area contributed by atoms with Crippen molar-refractivity contribution < 1.29 is 22.7 Å². The SMILES string of the molecule is CC(C)COC(=O)[C@H](CC1CCCC1)[C@@H](N)C(F)(F)F. The number of ether oxygens (including phenoxy) is 1. The third-order valence-electron chi connectivity index (χ3n) is 3.74. The zero-order chi connectivity index (χ0) is 15.3. The molecule has 6 heteroatoms. The number of esters is 1. The van der Waals surface area contributed by atoms with Crippen molar-refractivity contribution in [3.63, 3.8) is 0 Å². The van der Waals surface area contributed by atoms with Gasteiger partial charge in [-0.3, -0.25) is 4.79 Å². The summed E-state index contributed by atoms with van der Waals surface area (Å²) in [5.74, 6) is -1.85. The van der Waals surface area contributed by atoms with Gasteiger partial charge < -0.3 is 10.5 Å². The zero-order valence-corrected chi connectivity index (χ0v) is 12.1. The minimum Gasteiger partial charge on any atom is -0.465 e. The second-order valence-electron chi connectivity index (χ2n) is 6.08. The van der Waals surface area contributed by atoms with E-state index in [4.69, 9.17) is 10.5 Å². The highest BCUT2D eigenvalue weighted by Gasteiger charge is 2.46. The Hall–Kier alpha value is -0.780. The van der Waals surface area contributed by atoms with Crippen molar-refractivity contribution in [2.45, 2.75) is 58.2 Å². The lowest BCUT2D eigenvalue weighted by molar-refractivity contribution is -0.178. The van der Waals surface area contributed by atoms with Crippen molar-refractivity contribution in [1.82, 2.24) is 0 Å². The predicted octanol–water partition coefficient (Wildman–Crippen LogP) is 3.27. The molecule has 0 aromatic heterocycles. The van der Waals surface area contributed by atoms with Crippen molar-refractivity contribution in [2.24, 2.45) is 23.5 Å². The molecule has 2 atom stereocenters. The molecule has 0 amide bonds. The number of carbonyl (C=O) groups is 1. The van der Waals surface area contributed by atoms with Gasteiger partial charge in [-0.25, -0.2) is 0 Å². The number of nitrogens with two attached hydrogens (primary N) is 1. The van der Waals surface area contributed by atoms with Crippen molar-refractivity contribution >= 4 is 5.97 Å². The Morgan fingerprint density at radius 1 is 1.30 bits per heavy atom. The molecule has 0 saturated heterocycles. The molecule has 2 N–H and O–H groups in total. The first-order valence-electron chi connectivity index (χ1n) is 7.20. The van der Waals surface area contributed by atoms with Crippen LogP contribution in [0, 0.1) is 17.8 Å². The second kappa shape index (κ2) is 7.29. The molecular formula is C14H24F3NO2. The summed E-state index contributed by atoms with van der Waals surface area (Å²) in [6, 6.07) is -2.14. The highest BCUT2D eigenvalue weighted by molar-refractivity contribution is 5.73. The summed E-state index contributed by atoms with van der Waals surface area (Å²) in [6.45, 7) is 3.80. The second-order valence-corrected chi connectivity index (χ2v) is 6.08. The minimum absolute atomic E-state index is 0.0909. The average molecular weight is 295 g/mol. The Balaban J connectivity index is 2.69. The van der Waals surface area contributed by atoms with Gasteiger partial charge in [0.15, 0.2) is 0 Å². The molecule has 3 nitrogen and oxygen atoms in total. The van der Waals surface area contributed by atoms with Crippen LogP contribution in [-0.2, 0) is 9.53 Å². The van der Waals surface area contributed by atoms with Crippen molar-refractivity contribution in [3.05, 3.63) is 0 Å². The monoisotopic (exact) mass is 295 g/mol. The van der Waals surface area contributed by atoms with Crippen LogP contribution in [0.4, 0.5) is 13.2 Å². The van der Waals surface area contributed by atoms with Crippen LogP contribution in [0.1, 0.15) is 46.0 Å². The molecule has 1 aliphatic rings. The van der Waals surface area contributed by atoms with Crippen molar-refractivity contribution in [2.75, 3.05) is 6.61 Å². The van der Waals surface area contributed by atoms with E-state index >= 15 is 0 Å². The fourth-order valence-electron chi connectivity index (χ4n) is 2.58. The van der Waals surface area contributed by atoms with Gasteiger partial charge >= 0.3 is 12.1 Å². The Labute approximate surface area is 118 Å². The maximum atomic E-state index is 12.8. The normalized spacial score (nSPS) is 20.1. The first-order chi connectivity index (χ1) is 9.21. The van der Waals surface area contributed by atoms with Gasteiger partial charge in [-0.1, -0.05) is 39.5 Å². The molecule has 1 fully saturated rings. The third kappa shape index (κ3) is 5.31. The van der Waals surface area contributed by atoms with Crippen LogP contribution in [-0.4, -0.2) is 24.8 Å². The van der Waals surface area contributed by atoms with E-state index in [2.05, 4.69) is 0 Å². The Kier molecular flexibility index (Phi) is 6.30. The summed E-state index contributed by atoms with van der Waals surface area (Å²) in [7, 11) is 0. The minimum atomic E-state index is -4.57. The Morgan fingerprint density at radius 3 is 2.30 bits per heavy atom. The van der Waals surface area contributed by atoms with Crippen LogP contribution in [0.3, 0.4) is 0 Å². The van der Waals surface area contributed by atoms with E-state index in [1.54, 1.807) is 0 Å². The highest BCUT2D eigenvalue weighted by atomic mass is 19.4. The number of alkyl halides is 3. The number of halogens is 3. The van der Waals surface area contributed by atoms with Gasteiger partial charge in [-0.05, 0) is 18.3 Å². The van der Waals surface area contributed by atoms with Gasteiger partial charge in [0.25, 0.3) is 0 Å². The fraction of sp³-hybridized carbons (Fsp3) is 0.929. The summed E-state index contributed by atoms with van der Waals surface area (Å²) >= 11 is 0. The van der Waals surface area contributed by atoms with E-state index in [0.717, 1.165) is 25.7 Å². The van der Waals surface area contributed by atoms with Gasteiger partial charge in [0.05, 0.1) is 12.5 Å². The third-order valence-corrected chi connectivity index (χ3v) is 3.74. The van der Waals surface area contributed by atoms with Gasteiger partial charge in [0.2, 0.25) is 0 Å². The van der Waals surface area contributed by atoms with Crippen molar-refractivity contribution in [3.8, 4) is 0 Å². The number of hydrogen-bond acceptors (Lipinski definition) is 3. The van der Waals surface area contributed by atoms with E-state index < -0.39 is 24.1 Å². The molecule has 0 unspecified atom stereocenters. The van der Waals surface area contributed by atoms with Gasteiger partial charge in [0, 0.05) is 0 Å². The van der Waals surface area contributed by atoms with E-state index in [1.165, 1.54) is 0 Å². The maximum Gasteiger partial charge on any atom is 0.404 e. The Bertz CT molecular complexity index is 312. The van der Waals surface area contributed by atoms with E-state index in [9.17, 15) is 18.0 Å². The first-order valence-corrected chi connectivity index (χ1v) is 7.20. The van der Waals surface area contributed by atoms with Crippen molar-refractivity contribution in [1.29, 1.82) is 0 Å². The van der Waals surface area contributed by atoms with Crippen LogP contribution in [0.5, 0.6) is 0 Å². The largest absolute Gasteiger partial charge is 0.465 e. The molecule has 0 aromatic carbocycles. The summed E-state index contributed by atoms with van der Waals surface area (Å²) in [4.78, 5) is 11.9. The van der Waals surface area contributed by atoms with Gasteiger partial charge in [-0.2, -0.15) is 13.2 Å². The topological polar surface area (TPSA) is 52.3 Å². The molecule has 0 aliphatic heterocycles. The molecule has 0 bridgehead atoms. The van der Waals surface area contributed by atoms with Gasteiger partial charge in [0.1, 0.15) is 6.04 Å². The standard InChI is InChI=1S/C14H24F3NO2/c1-9(2)8-20-13(19)11(12(18)14(15,16)17)7-10-5-3-4-6-10/h9-12H,3-8,18H2,1-2H3/t11-,12-/m1/s1. The number of carbonyl (C=O) groups excluding carboxylic acids is 1. The quantitative estimate of drug-likeness (QED) is 0.765. The average Bonchev–Trinajstić information content (AvgIpc) is 2.83. The number of hydrogen-bond donors (Lipinski definition) is 1. The molecule has 0 radical (unpaired) electrons. The van der Waals surface area contributed by atoms with Crippen LogP contribution >= 0.6 is 0 Å². The molecule has 0 spiro atoms. The molecule has 1 saturated carbocycles. The van der Waals surface area contributed by atoms with E-state index in [1.807, 2.05) is 13.8 Å².